The Hall–Kier alpha value is -0.0305. The minimum atomic E-state index is -3.17. The van der Waals surface area contributed by atoms with Gasteiger partial charge in [0.2, 0.25) is 0 Å². The molecule has 1 aromatic rings. The van der Waals surface area contributed by atoms with E-state index in [9.17, 15) is 0 Å². The standard InChI is InChI=1S/C12H12OP.C5H5.Fe/c1-13-11-7-3-2-5-9(11)10-6-4-8-12(10)14;1-2-4-5-3-1;/h2-8H,14H2,1H3;1-5H;. The zero-order valence-electron chi connectivity index (χ0n) is 11.3. The fourth-order valence-electron chi connectivity index (χ4n) is 18.4. The van der Waals surface area contributed by atoms with Crippen LogP contribution in [0.4, 0.5) is 0 Å². The van der Waals surface area contributed by atoms with Gasteiger partial charge in [-0.2, -0.15) is 0 Å². The van der Waals surface area contributed by atoms with Crippen molar-refractivity contribution in [3.05, 3.63) is 29.8 Å². The summed E-state index contributed by atoms with van der Waals surface area (Å²) in [7, 11) is 5.47. The summed E-state index contributed by atoms with van der Waals surface area (Å²) in [6.45, 7) is -3.17. The molecule has 0 amide bonds. The number of hydrogen-bond donors (Lipinski definition) is 0. The molecule has 0 N–H and O–H groups in total. The number of benzene rings is 1. The summed E-state index contributed by atoms with van der Waals surface area (Å²) in [5.41, 5.74) is 1.71. The Labute approximate surface area is 110 Å². The molecule has 1 spiro atoms. The maximum absolute atomic E-state index is 5.85. The molecule has 20 heavy (non-hydrogen) atoms. The van der Waals surface area contributed by atoms with Crippen molar-refractivity contribution in [1.29, 1.82) is 0 Å². The van der Waals surface area contributed by atoms with Crippen LogP contribution < -0.4 is 4.74 Å². The Morgan fingerprint density at radius 3 is 2.05 bits per heavy atom. The first-order chi connectivity index (χ1) is 9.49. The van der Waals surface area contributed by atoms with Gasteiger partial charge in [-0.3, -0.25) is 0 Å². The van der Waals surface area contributed by atoms with Gasteiger partial charge in [-0.05, 0) is 0 Å². The predicted molar refractivity (Wildman–Crippen MR) is 77.1 cm³/mol. The average molecular weight is 324 g/mol. The second-order valence-electron chi connectivity index (χ2n) is 11.5. The molecule has 0 saturated carbocycles. The Morgan fingerprint density at radius 1 is 1.00 bits per heavy atom. The summed E-state index contributed by atoms with van der Waals surface area (Å²) >= 11 is 0. The molecule has 0 bridgehead atoms. The van der Waals surface area contributed by atoms with E-state index in [1.54, 1.807) is 5.56 Å². The van der Waals surface area contributed by atoms with Crippen LogP contribution in [0.5, 0.6) is 5.75 Å². The van der Waals surface area contributed by atoms with E-state index in [0.29, 0.717) is 0 Å². The SMILES string of the molecule is COc1ccccc1[C]12[CH]3[CH]4[CH]5[C]1(P)[Fe]45321678[CH]2[CH]1[CH]6[CH]7[CH]28. The van der Waals surface area contributed by atoms with Crippen LogP contribution in [-0.2, 0) is 10.8 Å². The Bertz CT molecular complexity index is 1220. The van der Waals surface area contributed by atoms with Crippen LogP contribution in [0.25, 0.3) is 0 Å². The third kappa shape index (κ3) is 0.0855. The zero-order valence-corrected chi connectivity index (χ0v) is 13.5. The van der Waals surface area contributed by atoms with Gasteiger partial charge in [-0.1, -0.05) is 0 Å². The molecule has 11 rings (SSSR count). The van der Waals surface area contributed by atoms with Crippen LogP contribution in [0.1, 0.15) is 5.56 Å². The molecule has 6 unspecified atom stereocenters. The van der Waals surface area contributed by atoms with Gasteiger partial charge in [0.1, 0.15) is 0 Å². The zero-order chi connectivity index (χ0) is 12.6. The molecule has 6 atom stereocenters. The van der Waals surface area contributed by atoms with Crippen LogP contribution in [0.3, 0.4) is 0 Å². The quantitative estimate of drug-likeness (QED) is 0.583. The van der Waals surface area contributed by atoms with Gasteiger partial charge in [0.15, 0.2) is 0 Å². The van der Waals surface area contributed by atoms with E-state index in [4.69, 9.17) is 4.74 Å². The average Bonchev–Trinajstić information content (AvgIpc) is 3.42. The Kier molecular flexibility index (Phi) is 0.290. The molecule has 0 radical (unpaired) electrons. The molecule has 0 aliphatic carbocycles. The Morgan fingerprint density at radius 2 is 1.65 bits per heavy atom. The van der Waals surface area contributed by atoms with E-state index in [1.165, 1.54) is 44.3 Å². The molecule has 0 aromatic heterocycles. The molecule has 10 heterocycles. The number of para-hydroxylation sites is 1. The molecule has 10 fully saturated rings. The first kappa shape index (κ1) is 8.00. The number of hydrogen-bond acceptors (Lipinski definition) is 1. The minimum absolute atomic E-state index is 0.753. The van der Waals surface area contributed by atoms with Gasteiger partial charge in [0, 0.05) is 0 Å². The first-order valence-electron chi connectivity index (χ1n) is 8.13. The van der Waals surface area contributed by atoms with E-state index < -0.39 is 6.51 Å². The summed E-state index contributed by atoms with van der Waals surface area (Å²) in [5.74, 6) is 1.24. The normalized spacial score (nSPS) is 106. The fraction of sp³-hybridized carbons (Fsp3) is 0.647. The molecule has 104 valence electrons. The first-order valence-corrected chi connectivity index (χ1v) is 14.9. The summed E-state index contributed by atoms with van der Waals surface area (Å²) in [5, 5.41) is 0. The van der Waals surface area contributed by atoms with E-state index in [0.717, 1.165) is 8.37 Å². The number of ether oxygens (including phenoxy) is 1. The third-order valence-electron chi connectivity index (χ3n) is 16.5. The second kappa shape index (κ2) is 0.724. The van der Waals surface area contributed by atoms with Crippen LogP contribution in [0.2, 0.25) is 38.5 Å². The molecule has 1 nitrogen and oxygen atoms in total. The van der Waals surface area contributed by atoms with E-state index >= 15 is 0 Å². The molecule has 10 aliphatic rings. The second-order valence-corrected chi connectivity index (χ2v) is 36.2. The van der Waals surface area contributed by atoms with Crippen molar-refractivity contribution >= 4 is 9.24 Å². The van der Waals surface area contributed by atoms with E-state index in [2.05, 4.69) is 33.5 Å². The van der Waals surface area contributed by atoms with Gasteiger partial charge in [0.05, 0.1) is 0 Å². The number of methoxy groups -OCH3 is 1. The fourth-order valence-corrected chi connectivity index (χ4v) is 103. The van der Waals surface area contributed by atoms with Crippen molar-refractivity contribution in [2.24, 2.45) is 0 Å². The van der Waals surface area contributed by atoms with Crippen molar-refractivity contribution in [3.63, 3.8) is 0 Å². The van der Waals surface area contributed by atoms with Crippen LogP contribution >= 0.6 is 9.24 Å². The van der Waals surface area contributed by atoms with Crippen LogP contribution in [0.15, 0.2) is 24.3 Å². The van der Waals surface area contributed by atoms with Gasteiger partial charge < -0.3 is 0 Å². The molecule has 3 heteroatoms. The topological polar surface area (TPSA) is 9.23 Å². The summed E-state index contributed by atoms with van der Waals surface area (Å²) in [6.07, 6.45) is 0. The number of rotatable bonds is 2. The van der Waals surface area contributed by atoms with E-state index in [1.807, 2.05) is 7.11 Å². The van der Waals surface area contributed by atoms with Crippen LogP contribution in [-0.4, -0.2) is 11.2 Å². The molecule has 10 saturated heterocycles. The molecular weight excluding hydrogens is 307 g/mol. The van der Waals surface area contributed by atoms with Crippen molar-refractivity contribution in [3.8, 4) is 5.75 Å². The molecule has 10 aliphatic heterocycles. The van der Waals surface area contributed by atoms with E-state index in [-0.39, 0.29) is 0 Å². The molecule has 1 aromatic carbocycles. The van der Waals surface area contributed by atoms with Crippen molar-refractivity contribution < 1.29 is 11.2 Å². The van der Waals surface area contributed by atoms with Gasteiger partial charge >= 0.3 is 110 Å². The van der Waals surface area contributed by atoms with Crippen molar-refractivity contribution in [2.45, 2.75) is 46.9 Å². The predicted octanol–water partition coefficient (Wildman–Crippen LogP) is 4.27. The summed E-state index contributed by atoms with van der Waals surface area (Å²) in [4.78, 5) is 10.8. The van der Waals surface area contributed by atoms with Gasteiger partial charge in [-0.15, -0.1) is 0 Å². The number of fused-ring (bicyclic) bond motifs is 10. The monoisotopic (exact) mass is 324 g/mol. The molecular formula is C17H17FeOP. The Balaban J connectivity index is 1.54. The summed E-state index contributed by atoms with van der Waals surface area (Å²) in [6, 6.07) is 9.18. The van der Waals surface area contributed by atoms with Crippen LogP contribution in [0, 0.1) is 0 Å². The van der Waals surface area contributed by atoms with Gasteiger partial charge in [-0.25, -0.2) is 0 Å². The summed E-state index contributed by atoms with van der Waals surface area (Å²) < 4.78 is 7.42. The van der Waals surface area contributed by atoms with Crippen molar-refractivity contribution in [1.82, 2.24) is 0 Å². The third-order valence-corrected chi connectivity index (χ3v) is 64.9. The maximum atomic E-state index is 5.85. The van der Waals surface area contributed by atoms with Crippen molar-refractivity contribution in [2.75, 3.05) is 7.11 Å². The van der Waals surface area contributed by atoms with Gasteiger partial charge in [0.25, 0.3) is 0 Å².